The van der Waals surface area contributed by atoms with Crippen LogP contribution in [0.2, 0.25) is 0 Å². The van der Waals surface area contributed by atoms with Gasteiger partial charge in [0, 0.05) is 13.1 Å². The van der Waals surface area contributed by atoms with Gasteiger partial charge in [0.05, 0.1) is 18.4 Å². The van der Waals surface area contributed by atoms with Crippen LogP contribution in [-0.4, -0.2) is 41.6 Å². The lowest BCUT2D eigenvalue weighted by molar-refractivity contribution is -0.00974. The maximum atomic E-state index is 12.3. The summed E-state index contributed by atoms with van der Waals surface area (Å²) in [4.78, 5) is 18.1. The summed E-state index contributed by atoms with van der Waals surface area (Å²) in [5, 5.41) is 0. The lowest BCUT2D eigenvalue weighted by Gasteiger charge is -2.29. The van der Waals surface area contributed by atoms with Crippen molar-refractivity contribution in [3.8, 4) is 0 Å². The van der Waals surface area contributed by atoms with Crippen LogP contribution in [-0.2, 0) is 4.74 Å². The average Bonchev–Trinajstić information content (AvgIpc) is 2.62. The number of amides is 1. The van der Waals surface area contributed by atoms with E-state index in [2.05, 4.69) is 25.8 Å². The number of aryl methyl sites for hydroxylation is 1. The third-order valence-electron chi connectivity index (χ3n) is 3.53. The number of rotatable bonds is 1. The Morgan fingerprint density at radius 2 is 2.16 bits per heavy atom. The zero-order valence-electron chi connectivity index (χ0n) is 12.1. The Morgan fingerprint density at radius 3 is 2.74 bits per heavy atom. The van der Waals surface area contributed by atoms with Gasteiger partial charge in [-0.3, -0.25) is 4.79 Å². The molecule has 0 aliphatic carbocycles. The summed E-state index contributed by atoms with van der Waals surface area (Å²) in [7, 11) is 0. The summed E-state index contributed by atoms with van der Waals surface area (Å²) in [6.45, 7) is 10.1. The molecule has 1 unspecified atom stereocenters. The lowest BCUT2D eigenvalue weighted by Crippen LogP contribution is -2.34. The molecule has 0 bridgehead atoms. The molecule has 1 aromatic rings. The first-order valence-electron chi connectivity index (χ1n) is 6.70. The summed E-state index contributed by atoms with van der Waals surface area (Å²) in [5.74, 6) is 0.252. The highest BCUT2D eigenvalue weighted by atomic mass is 16.5. The monoisotopic (exact) mass is 266 g/mol. The maximum absolute atomic E-state index is 12.3. The van der Waals surface area contributed by atoms with E-state index in [1.165, 1.54) is 6.39 Å². The number of hydrogen-bond acceptors (Lipinski definition) is 4. The largest absolute Gasteiger partial charge is 0.438 e. The highest BCUT2D eigenvalue weighted by molar-refractivity contribution is 5.92. The number of nitrogens with zero attached hydrogens (tertiary/aromatic N) is 2. The second kappa shape index (κ2) is 5.33. The van der Waals surface area contributed by atoms with Crippen molar-refractivity contribution < 1.29 is 13.9 Å². The van der Waals surface area contributed by atoms with E-state index < -0.39 is 0 Å². The van der Waals surface area contributed by atoms with E-state index in [0.29, 0.717) is 31.2 Å². The van der Waals surface area contributed by atoms with Crippen LogP contribution in [0.1, 0.15) is 43.4 Å². The Bertz CT molecular complexity index is 448. The van der Waals surface area contributed by atoms with E-state index in [-0.39, 0.29) is 17.4 Å². The average molecular weight is 266 g/mol. The quantitative estimate of drug-likeness (QED) is 0.782. The van der Waals surface area contributed by atoms with Crippen LogP contribution in [0, 0.1) is 12.3 Å². The van der Waals surface area contributed by atoms with Gasteiger partial charge in [-0.25, -0.2) is 4.98 Å². The van der Waals surface area contributed by atoms with Crippen molar-refractivity contribution in [2.75, 3.05) is 19.7 Å². The molecule has 5 heteroatoms. The van der Waals surface area contributed by atoms with Crippen LogP contribution in [0.25, 0.3) is 0 Å². The molecular weight excluding hydrogens is 244 g/mol. The van der Waals surface area contributed by atoms with Crippen molar-refractivity contribution in [3.05, 3.63) is 17.8 Å². The minimum Gasteiger partial charge on any atom is -0.438 e. The Hall–Kier alpha value is -1.36. The van der Waals surface area contributed by atoms with Crippen molar-refractivity contribution in [2.45, 2.75) is 40.2 Å². The Labute approximate surface area is 113 Å². The zero-order chi connectivity index (χ0) is 14.0. The second-order valence-corrected chi connectivity index (χ2v) is 6.07. The van der Waals surface area contributed by atoms with Gasteiger partial charge in [0.25, 0.3) is 5.91 Å². The fourth-order valence-electron chi connectivity index (χ4n) is 2.31. The SMILES string of the molecule is Cc1ncoc1C(=O)N1CCOC(C(C)(C)C)CC1. The maximum Gasteiger partial charge on any atom is 0.291 e. The minimum absolute atomic E-state index is 0.0897. The molecule has 2 heterocycles. The fraction of sp³-hybridized carbons (Fsp3) is 0.714. The molecule has 0 N–H and O–H groups in total. The lowest BCUT2D eigenvalue weighted by atomic mass is 9.87. The molecule has 1 aromatic heterocycles. The van der Waals surface area contributed by atoms with Crippen molar-refractivity contribution in [1.82, 2.24) is 9.88 Å². The normalized spacial score (nSPS) is 21.3. The number of oxazole rings is 1. The number of carbonyl (C=O) groups excluding carboxylic acids is 1. The van der Waals surface area contributed by atoms with Crippen molar-refractivity contribution in [2.24, 2.45) is 5.41 Å². The van der Waals surface area contributed by atoms with Crippen LogP contribution in [0.5, 0.6) is 0 Å². The third kappa shape index (κ3) is 3.15. The van der Waals surface area contributed by atoms with Gasteiger partial charge >= 0.3 is 0 Å². The van der Waals surface area contributed by atoms with Gasteiger partial charge in [-0.15, -0.1) is 0 Å². The van der Waals surface area contributed by atoms with Gasteiger partial charge in [0.15, 0.2) is 6.39 Å². The molecule has 19 heavy (non-hydrogen) atoms. The Balaban J connectivity index is 2.04. The molecular formula is C14H22N2O3. The first-order valence-corrected chi connectivity index (χ1v) is 6.70. The van der Waals surface area contributed by atoms with Crippen molar-refractivity contribution in [1.29, 1.82) is 0 Å². The number of aromatic nitrogens is 1. The molecule has 1 aliphatic heterocycles. The molecule has 2 rings (SSSR count). The molecule has 1 aliphatic rings. The Kier molecular flexibility index (Phi) is 3.94. The molecule has 1 atom stereocenters. The minimum atomic E-state index is -0.0897. The van der Waals surface area contributed by atoms with E-state index in [4.69, 9.17) is 9.15 Å². The van der Waals surface area contributed by atoms with Gasteiger partial charge in [-0.1, -0.05) is 20.8 Å². The first kappa shape index (κ1) is 14.1. The van der Waals surface area contributed by atoms with E-state index in [1.807, 2.05) is 0 Å². The van der Waals surface area contributed by atoms with E-state index >= 15 is 0 Å². The molecule has 5 nitrogen and oxygen atoms in total. The molecule has 0 aromatic carbocycles. The Morgan fingerprint density at radius 1 is 1.42 bits per heavy atom. The highest BCUT2D eigenvalue weighted by Gasteiger charge is 2.30. The van der Waals surface area contributed by atoms with Gasteiger partial charge in [0.1, 0.15) is 0 Å². The molecule has 1 amide bonds. The van der Waals surface area contributed by atoms with E-state index in [1.54, 1.807) is 11.8 Å². The zero-order valence-corrected chi connectivity index (χ0v) is 12.1. The van der Waals surface area contributed by atoms with Crippen molar-refractivity contribution >= 4 is 5.91 Å². The molecule has 0 radical (unpaired) electrons. The van der Waals surface area contributed by atoms with Gasteiger partial charge in [0.2, 0.25) is 5.76 Å². The van der Waals surface area contributed by atoms with Gasteiger partial charge in [-0.2, -0.15) is 0 Å². The van der Waals surface area contributed by atoms with Crippen molar-refractivity contribution in [3.63, 3.8) is 0 Å². The summed E-state index contributed by atoms with van der Waals surface area (Å²) >= 11 is 0. The van der Waals surface area contributed by atoms with E-state index in [9.17, 15) is 4.79 Å². The smallest absolute Gasteiger partial charge is 0.291 e. The fourth-order valence-corrected chi connectivity index (χ4v) is 2.31. The number of hydrogen-bond donors (Lipinski definition) is 0. The predicted octanol–water partition coefficient (Wildman–Crippen LogP) is 2.26. The molecule has 0 saturated carbocycles. The molecule has 1 fully saturated rings. The van der Waals surface area contributed by atoms with Gasteiger partial charge in [-0.05, 0) is 18.8 Å². The molecule has 0 spiro atoms. The molecule has 106 valence electrons. The van der Waals surface area contributed by atoms with Crippen LogP contribution in [0.4, 0.5) is 0 Å². The predicted molar refractivity (Wildman–Crippen MR) is 71.0 cm³/mol. The molecule has 1 saturated heterocycles. The standard InChI is InChI=1S/C14H22N2O3/c1-10-12(19-9-15-10)13(17)16-6-5-11(14(2,3)4)18-8-7-16/h9,11H,5-8H2,1-4H3. The van der Waals surface area contributed by atoms with Crippen LogP contribution < -0.4 is 0 Å². The summed E-state index contributed by atoms with van der Waals surface area (Å²) in [5.41, 5.74) is 0.740. The highest BCUT2D eigenvalue weighted by Crippen LogP contribution is 2.27. The number of ether oxygens (including phenoxy) is 1. The summed E-state index contributed by atoms with van der Waals surface area (Å²) < 4.78 is 11.0. The first-order chi connectivity index (χ1) is 8.89. The van der Waals surface area contributed by atoms with Crippen LogP contribution in [0.3, 0.4) is 0 Å². The summed E-state index contributed by atoms with van der Waals surface area (Å²) in [6, 6.07) is 0. The van der Waals surface area contributed by atoms with Gasteiger partial charge < -0.3 is 14.1 Å². The van der Waals surface area contributed by atoms with Crippen LogP contribution >= 0.6 is 0 Å². The summed E-state index contributed by atoms with van der Waals surface area (Å²) in [6.07, 6.45) is 2.35. The second-order valence-electron chi connectivity index (χ2n) is 6.07. The van der Waals surface area contributed by atoms with Crippen LogP contribution in [0.15, 0.2) is 10.8 Å². The number of carbonyl (C=O) groups is 1. The topological polar surface area (TPSA) is 55.6 Å². The third-order valence-corrected chi connectivity index (χ3v) is 3.53. The van der Waals surface area contributed by atoms with E-state index in [0.717, 1.165) is 6.42 Å².